The topological polar surface area (TPSA) is 63.6 Å². The maximum absolute atomic E-state index is 6.28. The van der Waals surface area contributed by atoms with Gasteiger partial charge in [0.15, 0.2) is 0 Å². The summed E-state index contributed by atoms with van der Waals surface area (Å²) < 4.78 is 0. The maximum Gasteiger partial charge on any atom is 0.109 e. The van der Waals surface area contributed by atoms with Gasteiger partial charge < -0.3 is 5.73 Å². The molecule has 4 rings (SSSR count). The van der Waals surface area contributed by atoms with Gasteiger partial charge in [0.25, 0.3) is 0 Å². The Morgan fingerprint density at radius 1 is 0.808 bits per heavy atom. The van der Waals surface area contributed by atoms with Crippen LogP contribution >= 0.6 is 0 Å². The number of hydrogen-bond acceptors (Lipinski definition) is 4. The van der Waals surface area contributed by atoms with Crippen LogP contribution in [0.25, 0.3) is 22.0 Å². The first-order chi connectivity index (χ1) is 12.7. The maximum atomic E-state index is 6.28. The zero-order valence-electron chi connectivity index (χ0n) is 14.4. The minimum Gasteiger partial charge on any atom is -0.396 e. The number of nitrogens with two attached hydrogens (primary N) is 1. The molecule has 0 saturated carbocycles. The number of nitrogens with zero attached hydrogens (tertiary/aromatic N) is 3. The highest BCUT2D eigenvalue weighted by atomic mass is 15.1. The van der Waals surface area contributed by atoms with Gasteiger partial charge in [-0.3, -0.25) is 4.98 Å². The minimum absolute atomic E-state index is 0.642. The lowest BCUT2D eigenvalue weighted by atomic mass is 10.0. The highest BCUT2D eigenvalue weighted by molar-refractivity contribution is 6.00. The summed E-state index contributed by atoms with van der Waals surface area (Å²) in [6.45, 7) is 2.05. The van der Waals surface area contributed by atoms with Crippen molar-refractivity contribution >= 4 is 27.8 Å². The van der Waals surface area contributed by atoms with E-state index in [0.717, 1.165) is 27.6 Å². The second-order valence-electron chi connectivity index (χ2n) is 6.14. The Morgan fingerprint density at radius 2 is 1.54 bits per heavy atom. The largest absolute Gasteiger partial charge is 0.396 e. The van der Waals surface area contributed by atoms with E-state index in [1.165, 1.54) is 0 Å². The van der Waals surface area contributed by atoms with E-state index < -0.39 is 0 Å². The first-order valence-corrected chi connectivity index (χ1v) is 8.43. The number of azo groups is 1. The first kappa shape index (κ1) is 16.0. The average Bonchev–Trinajstić information content (AvgIpc) is 2.71. The van der Waals surface area contributed by atoms with E-state index in [4.69, 9.17) is 5.73 Å². The SMILES string of the molecule is Cc1cc(N=Nc2ccc(-c3ccccc3)nc2)c(N)c2ccccc12. The van der Waals surface area contributed by atoms with Gasteiger partial charge in [-0.2, -0.15) is 0 Å². The Hall–Kier alpha value is -3.53. The summed E-state index contributed by atoms with van der Waals surface area (Å²) in [7, 11) is 0. The lowest BCUT2D eigenvalue weighted by Crippen LogP contribution is -1.90. The van der Waals surface area contributed by atoms with Crippen molar-refractivity contribution in [1.82, 2.24) is 4.98 Å². The smallest absolute Gasteiger partial charge is 0.109 e. The average molecular weight is 338 g/mol. The number of pyridine rings is 1. The van der Waals surface area contributed by atoms with Crippen molar-refractivity contribution in [1.29, 1.82) is 0 Å². The zero-order valence-corrected chi connectivity index (χ0v) is 14.4. The van der Waals surface area contributed by atoms with Crippen LogP contribution in [0.2, 0.25) is 0 Å². The summed E-state index contributed by atoms with van der Waals surface area (Å²) in [4.78, 5) is 4.47. The third-order valence-corrected chi connectivity index (χ3v) is 4.36. The molecule has 4 nitrogen and oxygen atoms in total. The van der Waals surface area contributed by atoms with Gasteiger partial charge in [0.2, 0.25) is 0 Å². The molecule has 26 heavy (non-hydrogen) atoms. The molecule has 126 valence electrons. The molecule has 0 aliphatic heterocycles. The highest BCUT2D eigenvalue weighted by Gasteiger charge is 2.07. The predicted molar refractivity (Wildman–Crippen MR) is 107 cm³/mol. The van der Waals surface area contributed by atoms with Crippen LogP contribution in [-0.4, -0.2) is 4.98 Å². The standard InChI is InChI=1S/C22H18N4/c1-15-13-21(22(23)19-10-6-5-9-18(15)19)26-25-17-11-12-20(24-14-17)16-7-3-2-4-8-16/h2-14H,23H2,1H3. The van der Waals surface area contributed by atoms with Gasteiger partial charge in [-0.05, 0) is 36.1 Å². The monoisotopic (exact) mass is 338 g/mol. The number of nitrogen functional groups attached to an aromatic ring is 1. The van der Waals surface area contributed by atoms with Crippen molar-refractivity contribution < 1.29 is 0 Å². The molecule has 0 unspecified atom stereocenters. The van der Waals surface area contributed by atoms with Crippen molar-refractivity contribution in [3.05, 3.63) is 84.6 Å². The Labute approximate surface area is 152 Å². The molecule has 0 aliphatic rings. The molecule has 0 aliphatic carbocycles. The first-order valence-electron chi connectivity index (χ1n) is 8.43. The Kier molecular flexibility index (Phi) is 4.15. The van der Waals surface area contributed by atoms with Gasteiger partial charge in [0.05, 0.1) is 17.6 Å². The Balaban J connectivity index is 1.64. The molecule has 0 bridgehead atoms. The number of fused-ring (bicyclic) bond motifs is 1. The Bertz CT molecular complexity index is 1080. The molecule has 1 aromatic heterocycles. The molecule has 0 saturated heterocycles. The molecule has 0 atom stereocenters. The van der Waals surface area contributed by atoms with Crippen molar-refractivity contribution in [2.75, 3.05) is 5.73 Å². The van der Waals surface area contributed by atoms with Crippen molar-refractivity contribution in [3.8, 4) is 11.3 Å². The van der Waals surface area contributed by atoms with Gasteiger partial charge in [0.1, 0.15) is 11.4 Å². The molecular formula is C22H18N4. The fraction of sp³-hybridized carbons (Fsp3) is 0.0455. The molecule has 2 N–H and O–H groups in total. The third-order valence-electron chi connectivity index (χ3n) is 4.36. The number of rotatable bonds is 3. The second-order valence-corrected chi connectivity index (χ2v) is 6.14. The van der Waals surface area contributed by atoms with Gasteiger partial charge in [-0.25, -0.2) is 0 Å². The number of aromatic nitrogens is 1. The molecule has 4 aromatic rings. The quantitative estimate of drug-likeness (QED) is 0.356. The highest BCUT2D eigenvalue weighted by Crippen LogP contribution is 2.34. The summed E-state index contributed by atoms with van der Waals surface area (Å²) in [5.74, 6) is 0. The molecule has 0 spiro atoms. The van der Waals surface area contributed by atoms with Crippen molar-refractivity contribution in [2.24, 2.45) is 10.2 Å². The predicted octanol–water partition coefficient (Wildman–Crippen LogP) is 6.21. The van der Waals surface area contributed by atoms with Gasteiger partial charge >= 0.3 is 0 Å². The lowest BCUT2D eigenvalue weighted by Gasteiger charge is -2.08. The summed E-state index contributed by atoms with van der Waals surface area (Å²) in [6.07, 6.45) is 1.72. The summed E-state index contributed by atoms with van der Waals surface area (Å²) in [5, 5.41) is 10.8. The second kappa shape index (κ2) is 6.76. The number of benzene rings is 3. The molecule has 0 amide bonds. The molecule has 0 radical (unpaired) electrons. The van der Waals surface area contributed by atoms with E-state index in [-0.39, 0.29) is 0 Å². The van der Waals surface area contributed by atoms with Crippen LogP contribution in [0.15, 0.2) is 89.2 Å². The zero-order chi connectivity index (χ0) is 17.9. The van der Waals surface area contributed by atoms with Crippen molar-refractivity contribution in [3.63, 3.8) is 0 Å². The normalized spacial score (nSPS) is 11.3. The number of anilines is 1. The number of aryl methyl sites for hydroxylation is 1. The van der Waals surface area contributed by atoms with E-state index in [9.17, 15) is 0 Å². The van der Waals surface area contributed by atoms with E-state index in [2.05, 4.69) is 28.2 Å². The summed E-state index contributed by atoms with van der Waals surface area (Å²) >= 11 is 0. The van der Waals surface area contributed by atoms with Crippen LogP contribution in [0, 0.1) is 6.92 Å². The van der Waals surface area contributed by atoms with Gasteiger partial charge in [-0.15, -0.1) is 10.2 Å². The fourth-order valence-electron chi connectivity index (χ4n) is 2.98. The van der Waals surface area contributed by atoms with Crippen LogP contribution in [-0.2, 0) is 0 Å². The third kappa shape index (κ3) is 3.05. The van der Waals surface area contributed by atoms with Crippen molar-refractivity contribution in [2.45, 2.75) is 6.92 Å². The van der Waals surface area contributed by atoms with Crippen LogP contribution in [0.5, 0.6) is 0 Å². The van der Waals surface area contributed by atoms with E-state index >= 15 is 0 Å². The molecule has 0 fully saturated rings. The van der Waals surface area contributed by atoms with Crippen LogP contribution < -0.4 is 5.73 Å². The number of hydrogen-bond donors (Lipinski definition) is 1. The van der Waals surface area contributed by atoms with E-state index in [1.54, 1.807) is 6.20 Å². The summed E-state index contributed by atoms with van der Waals surface area (Å²) in [5.41, 5.74) is 11.4. The summed E-state index contributed by atoms with van der Waals surface area (Å²) in [6, 6.07) is 23.9. The van der Waals surface area contributed by atoms with Gasteiger partial charge in [-0.1, -0.05) is 54.6 Å². The van der Waals surface area contributed by atoms with E-state index in [1.807, 2.05) is 66.7 Å². The lowest BCUT2D eigenvalue weighted by molar-refractivity contribution is 1.20. The van der Waals surface area contributed by atoms with Gasteiger partial charge in [0, 0.05) is 10.9 Å². The Morgan fingerprint density at radius 3 is 2.27 bits per heavy atom. The van der Waals surface area contributed by atoms with E-state index in [0.29, 0.717) is 17.1 Å². The molecule has 1 heterocycles. The molecular weight excluding hydrogens is 320 g/mol. The van der Waals surface area contributed by atoms with Crippen LogP contribution in [0.1, 0.15) is 5.56 Å². The van der Waals surface area contributed by atoms with Crippen LogP contribution in [0.3, 0.4) is 0 Å². The van der Waals surface area contributed by atoms with Crippen LogP contribution in [0.4, 0.5) is 17.1 Å². The molecule has 3 aromatic carbocycles. The molecule has 4 heteroatoms. The minimum atomic E-state index is 0.642. The fourth-order valence-corrected chi connectivity index (χ4v) is 2.98.